The van der Waals surface area contributed by atoms with E-state index in [4.69, 9.17) is 5.26 Å². The first-order chi connectivity index (χ1) is 5.50. The number of nitrogens with zero attached hydrogens (tertiary/aromatic N) is 3. The molecule has 0 saturated carbocycles. The Morgan fingerprint density at radius 2 is 2.08 bits per heavy atom. The van der Waals surface area contributed by atoms with Crippen molar-refractivity contribution in [3.63, 3.8) is 0 Å². The molecule has 0 bridgehead atoms. The van der Waals surface area contributed by atoms with E-state index in [1.807, 2.05) is 6.19 Å². The summed E-state index contributed by atoms with van der Waals surface area (Å²) in [6.07, 6.45) is 2.03. The van der Waals surface area contributed by atoms with E-state index in [2.05, 4.69) is 0 Å². The zero-order chi connectivity index (χ0) is 9.35. The lowest BCUT2D eigenvalue weighted by molar-refractivity contribution is -0.144. The van der Waals surface area contributed by atoms with Crippen molar-refractivity contribution in [2.45, 2.75) is 19.4 Å². The van der Waals surface area contributed by atoms with Gasteiger partial charge < -0.3 is 4.90 Å². The molecule has 1 rings (SSSR count). The molecule has 4 heteroatoms. The van der Waals surface area contributed by atoms with Crippen LogP contribution >= 0.6 is 0 Å². The molecule has 0 unspecified atom stereocenters. The van der Waals surface area contributed by atoms with Gasteiger partial charge in [-0.25, -0.2) is 0 Å². The molecule has 0 spiro atoms. The minimum Gasteiger partial charge on any atom is -0.342 e. The Labute approximate surface area is 72.4 Å². The third-order valence-corrected chi connectivity index (χ3v) is 2.32. The summed E-state index contributed by atoms with van der Waals surface area (Å²) < 4.78 is 0. The number of piperazine rings is 1. The fourth-order valence-corrected chi connectivity index (χ4v) is 1.39. The van der Waals surface area contributed by atoms with Crippen LogP contribution in [0.4, 0.5) is 0 Å². The predicted molar refractivity (Wildman–Crippen MR) is 44.0 cm³/mol. The van der Waals surface area contributed by atoms with Crippen molar-refractivity contribution in [2.75, 3.05) is 20.1 Å². The number of amides is 1. The summed E-state index contributed by atoms with van der Waals surface area (Å²) in [6, 6.07) is 0. The molecule has 0 aromatic carbocycles. The lowest BCUT2D eigenvalue weighted by Crippen LogP contribution is -2.60. The Bertz CT molecular complexity index is 241. The Balaban J connectivity index is 2.89. The summed E-state index contributed by atoms with van der Waals surface area (Å²) in [5.74, 6) is 0.00954. The van der Waals surface area contributed by atoms with E-state index in [9.17, 15) is 4.79 Å². The van der Waals surface area contributed by atoms with Gasteiger partial charge in [-0.3, -0.25) is 9.69 Å². The zero-order valence-electron chi connectivity index (χ0n) is 7.66. The summed E-state index contributed by atoms with van der Waals surface area (Å²) in [6.45, 7) is 4.81. The molecule has 1 aliphatic heterocycles. The summed E-state index contributed by atoms with van der Waals surface area (Å²) in [5, 5.41) is 8.74. The lowest BCUT2D eigenvalue weighted by Gasteiger charge is -2.41. The fourth-order valence-electron chi connectivity index (χ4n) is 1.39. The van der Waals surface area contributed by atoms with Crippen molar-refractivity contribution in [2.24, 2.45) is 0 Å². The Morgan fingerprint density at radius 1 is 1.50 bits per heavy atom. The zero-order valence-corrected chi connectivity index (χ0v) is 7.66. The van der Waals surface area contributed by atoms with Crippen molar-refractivity contribution in [3.05, 3.63) is 0 Å². The van der Waals surface area contributed by atoms with Crippen LogP contribution in [0, 0.1) is 11.5 Å². The van der Waals surface area contributed by atoms with E-state index in [1.54, 1.807) is 25.8 Å². The van der Waals surface area contributed by atoms with E-state index in [0.717, 1.165) is 0 Å². The predicted octanol–water partition coefficient (Wildman–Crippen LogP) is 0.0201. The van der Waals surface area contributed by atoms with Crippen LogP contribution in [0.5, 0.6) is 0 Å². The average molecular weight is 167 g/mol. The highest BCUT2D eigenvalue weighted by atomic mass is 16.2. The number of rotatable bonds is 0. The molecule has 1 amide bonds. The molecule has 0 atom stereocenters. The number of hydrogen-bond donors (Lipinski definition) is 0. The minimum absolute atomic E-state index is 0.00954. The van der Waals surface area contributed by atoms with Gasteiger partial charge in [0.2, 0.25) is 5.91 Å². The third kappa shape index (κ3) is 1.11. The molecule has 66 valence electrons. The van der Waals surface area contributed by atoms with E-state index in [-0.39, 0.29) is 5.91 Å². The highest BCUT2D eigenvalue weighted by molar-refractivity contribution is 5.86. The van der Waals surface area contributed by atoms with Crippen LogP contribution in [0.15, 0.2) is 0 Å². The smallest absolute Gasteiger partial charge is 0.248 e. The molecule has 0 aromatic rings. The van der Waals surface area contributed by atoms with Crippen LogP contribution in [-0.2, 0) is 4.79 Å². The maximum absolute atomic E-state index is 11.5. The van der Waals surface area contributed by atoms with Gasteiger partial charge in [0, 0.05) is 20.1 Å². The Hall–Kier alpha value is -1.24. The first-order valence-corrected chi connectivity index (χ1v) is 3.93. The number of carbonyl (C=O) groups excluding carboxylic acids is 1. The number of hydrogen-bond acceptors (Lipinski definition) is 3. The van der Waals surface area contributed by atoms with E-state index < -0.39 is 5.54 Å². The Morgan fingerprint density at radius 3 is 2.58 bits per heavy atom. The summed E-state index contributed by atoms with van der Waals surface area (Å²) in [5.41, 5.74) is -0.665. The second kappa shape index (κ2) is 2.67. The summed E-state index contributed by atoms with van der Waals surface area (Å²) >= 11 is 0. The lowest BCUT2D eigenvalue weighted by atomic mass is 9.99. The standard InChI is InChI=1S/C8H13N3O/c1-8(2)7(12)10(3)4-5-11(8)6-9/h4-5H2,1-3H3. The van der Waals surface area contributed by atoms with Gasteiger partial charge in [0.15, 0.2) is 6.19 Å². The van der Waals surface area contributed by atoms with Gasteiger partial charge in [-0.2, -0.15) is 5.26 Å². The number of likely N-dealkylation sites (N-methyl/N-ethyl adjacent to an activating group) is 1. The molecule has 1 aliphatic rings. The van der Waals surface area contributed by atoms with Crippen molar-refractivity contribution >= 4 is 5.91 Å². The number of nitriles is 1. The molecule has 0 radical (unpaired) electrons. The van der Waals surface area contributed by atoms with Crippen LogP contribution in [0.1, 0.15) is 13.8 Å². The van der Waals surface area contributed by atoms with Crippen LogP contribution in [0.2, 0.25) is 0 Å². The first-order valence-electron chi connectivity index (χ1n) is 3.93. The topological polar surface area (TPSA) is 47.3 Å². The van der Waals surface area contributed by atoms with Crippen LogP contribution < -0.4 is 0 Å². The second-order valence-electron chi connectivity index (χ2n) is 3.54. The molecular formula is C8H13N3O. The first kappa shape index (κ1) is 8.85. The highest BCUT2D eigenvalue weighted by Crippen LogP contribution is 2.19. The number of carbonyl (C=O) groups is 1. The van der Waals surface area contributed by atoms with Gasteiger partial charge in [-0.15, -0.1) is 0 Å². The molecule has 0 aliphatic carbocycles. The maximum Gasteiger partial charge on any atom is 0.248 e. The minimum atomic E-state index is -0.665. The molecule has 12 heavy (non-hydrogen) atoms. The SMILES string of the molecule is CN1CCN(C#N)C(C)(C)C1=O. The fraction of sp³-hybridized carbons (Fsp3) is 0.750. The van der Waals surface area contributed by atoms with Crippen molar-refractivity contribution < 1.29 is 4.79 Å². The van der Waals surface area contributed by atoms with Gasteiger partial charge in [-0.05, 0) is 13.8 Å². The molecule has 1 heterocycles. The van der Waals surface area contributed by atoms with Gasteiger partial charge in [0.1, 0.15) is 5.54 Å². The van der Waals surface area contributed by atoms with Crippen molar-refractivity contribution in [1.29, 1.82) is 5.26 Å². The maximum atomic E-state index is 11.5. The van der Waals surface area contributed by atoms with E-state index in [1.165, 1.54) is 4.90 Å². The van der Waals surface area contributed by atoms with Crippen LogP contribution in [-0.4, -0.2) is 41.4 Å². The second-order valence-corrected chi connectivity index (χ2v) is 3.54. The van der Waals surface area contributed by atoms with Crippen LogP contribution in [0.3, 0.4) is 0 Å². The molecule has 4 nitrogen and oxygen atoms in total. The van der Waals surface area contributed by atoms with Crippen molar-refractivity contribution in [3.8, 4) is 6.19 Å². The van der Waals surface area contributed by atoms with E-state index >= 15 is 0 Å². The third-order valence-electron chi connectivity index (χ3n) is 2.32. The molecule has 1 saturated heterocycles. The molecule has 0 N–H and O–H groups in total. The molecular weight excluding hydrogens is 154 g/mol. The Kier molecular flexibility index (Phi) is 1.97. The summed E-state index contributed by atoms with van der Waals surface area (Å²) in [7, 11) is 1.76. The van der Waals surface area contributed by atoms with Gasteiger partial charge in [0.25, 0.3) is 0 Å². The quantitative estimate of drug-likeness (QED) is 0.478. The molecule has 0 aromatic heterocycles. The highest BCUT2D eigenvalue weighted by Gasteiger charge is 2.39. The van der Waals surface area contributed by atoms with Crippen LogP contribution in [0.25, 0.3) is 0 Å². The summed E-state index contributed by atoms with van der Waals surface area (Å²) in [4.78, 5) is 14.7. The van der Waals surface area contributed by atoms with Crippen molar-refractivity contribution in [1.82, 2.24) is 9.80 Å². The van der Waals surface area contributed by atoms with Gasteiger partial charge in [-0.1, -0.05) is 0 Å². The van der Waals surface area contributed by atoms with Gasteiger partial charge in [0.05, 0.1) is 0 Å². The average Bonchev–Trinajstić information content (AvgIpc) is 2.01. The van der Waals surface area contributed by atoms with E-state index in [0.29, 0.717) is 13.1 Å². The largest absolute Gasteiger partial charge is 0.342 e. The molecule has 1 fully saturated rings. The van der Waals surface area contributed by atoms with Gasteiger partial charge >= 0.3 is 0 Å². The monoisotopic (exact) mass is 167 g/mol. The normalized spacial score (nSPS) is 22.3.